The van der Waals surface area contributed by atoms with Crippen LogP contribution in [0.1, 0.15) is 53.9 Å². The highest BCUT2D eigenvalue weighted by Gasteiger charge is 2.71. The summed E-state index contributed by atoms with van der Waals surface area (Å²) in [6, 6.07) is 0. The monoisotopic (exact) mass is 438 g/mol. The van der Waals surface area contributed by atoms with Gasteiger partial charge in [-0.3, -0.25) is 14.4 Å². The SMILES string of the molecule is CCOC(=O)C1(C(=O)OCC)C[C@@H]2C[C@H]3C=C(O[Si](C)(C)C(C)(C)C)C(=O)[C@]2(C1)O3. The zero-order chi connectivity index (χ0) is 22.5. The summed E-state index contributed by atoms with van der Waals surface area (Å²) in [5.74, 6) is -1.48. The fourth-order valence-corrected chi connectivity index (χ4v) is 5.59. The van der Waals surface area contributed by atoms with E-state index in [1.165, 1.54) is 0 Å². The summed E-state index contributed by atoms with van der Waals surface area (Å²) in [4.78, 5) is 39.4. The smallest absolute Gasteiger partial charge is 0.323 e. The van der Waals surface area contributed by atoms with Crippen molar-refractivity contribution in [2.75, 3.05) is 13.2 Å². The Labute approximate surface area is 179 Å². The Morgan fingerprint density at radius 2 is 1.73 bits per heavy atom. The molecule has 0 aromatic heterocycles. The summed E-state index contributed by atoms with van der Waals surface area (Å²) in [7, 11) is -2.25. The van der Waals surface area contributed by atoms with Gasteiger partial charge in [0.2, 0.25) is 5.78 Å². The third kappa shape index (κ3) is 3.41. The van der Waals surface area contributed by atoms with E-state index >= 15 is 0 Å². The molecule has 0 aromatic rings. The highest BCUT2D eigenvalue weighted by molar-refractivity contribution is 6.74. The van der Waals surface area contributed by atoms with Gasteiger partial charge in [-0.1, -0.05) is 20.8 Å². The van der Waals surface area contributed by atoms with E-state index in [0.29, 0.717) is 12.2 Å². The number of carbonyl (C=O) groups excluding carboxylic acids is 3. The zero-order valence-corrected chi connectivity index (χ0v) is 20.1. The van der Waals surface area contributed by atoms with E-state index < -0.39 is 31.3 Å². The van der Waals surface area contributed by atoms with Crippen LogP contribution in [0, 0.1) is 11.3 Å². The van der Waals surface area contributed by atoms with Crippen LogP contribution in [-0.2, 0) is 33.0 Å². The van der Waals surface area contributed by atoms with Crippen molar-refractivity contribution in [3.8, 4) is 0 Å². The van der Waals surface area contributed by atoms with Crippen LogP contribution >= 0.6 is 0 Å². The van der Waals surface area contributed by atoms with Crippen molar-refractivity contribution < 1.29 is 33.0 Å². The number of hydrogen-bond donors (Lipinski definition) is 0. The minimum absolute atomic E-state index is 0.0597. The third-order valence-electron chi connectivity index (χ3n) is 7.15. The van der Waals surface area contributed by atoms with Crippen molar-refractivity contribution in [2.45, 2.75) is 83.7 Å². The number of carbonyl (C=O) groups is 3. The predicted molar refractivity (Wildman–Crippen MR) is 112 cm³/mol. The summed E-state index contributed by atoms with van der Waals surface area (Å²) in [5, 5.41) is -0.0716. The first-order chi connectivity index (χ1) is 13.8. The van der Waals surface area contributed by atoms with Crippen molar-refractivity contribution in [3.63, 3.8) is 0 Å². The predicted octanol–water partition coefficient (Wildman–Crippen LogP) is 3.53. The van der Waals surface area contributed by atoms with Gasteiger partial charge in [-0.2, -0.15) is 0 Å². The van der Waals surface area contributed by atoms with Gasteiger partial charge in [0.1, 0.15) is 11.4 Å². The fraction of sp³-hybridized carbons (Fsp3) is 0.773. The molecule has 1 saturated carbocycles. The average molecular weight is 439 g/mol. The van der Waals surface area contributed by atoms with E-state index in [2.05, 4.69) is 33.9 Å². The molecule has 0 radical (unpaired) electrons. The lowest BCUT2D eigenvalue weighted by Crippen LogP contribution is -2.50. The first kappa shape index (κ1) is 23.0. The molecule has 1 spiro atoms. The Hall–Kier alpha value is -1.67. The Morgan fingerprint density at radius 1 is 1.17 bits per heavy atom. The second kappa shape index (κ2) is 7.48. The van der Waals surface area contributed by atoms with Gasteiger partial charge >= 0.3 is 11.9 Å². The Kier molecular flexibility index (Phi) is 5.73. The van der Waals surface area contributed by atoms with Crippen LogP contribution in [0.2, 0.25) is 18.1 Å². The first-order valence-electron chi connectivity index (χ1n) is 10.8. The maximum absolute atomic E-state index is 13.6. The molecule has 3 rings (SSSR count). The number of hydrogen-bond acceptors (Lipinski definition) is 7. The topological polar surface area (TPSA) is 88.1 Å². The summed E-state index contributed by atoms with van der Waals surface area (Å²) < 4.78 is 23.0. The van der Waals surface area contributed by atoms with Crippen LogP contribution in [0.4, 0.5) is 0 Å². The summed E-state index contributed by atoms with van der Waals surface area (Å²) in [6.07, 6.45) is 2.22. The summed E-state index contributed by atoms with van der Waals surface area (Å²) in [5.41, 5.74) is -2.76. The van der Waals surface area contributed by atoms with Gasteiger partial charge in [0.25, 0.3) is 8.32 Å². The quantitative estimate of drug-likeness (QED) is 0.356. The molecule has 0 aromatic carbocycles. The van der Waals surface area contributed by atoms with Gasteiger partial charge < -0.3 is 18.6 Å². The minimum atomic E-state index is -2.25. The molecule has 2 fully saturated rings. The molecule has 0 N–H and O–H groups in total. The molecule has 2 heterocycles. The van der Waals surface area contributed by atoms with E-state index in [1.807, 2.05) is 0 Å². The lowest BCUT2D eigenvalue weighted by atomic mass is 9.82. The van der Waals surface area contributed by atoms with Crippen LogP contribution in [0.3, 0.4) is 0 Å². The zero-order valence-electron chi connectivity index (χ0n) is 19.1. The van der Waals surface area contributed by atoms with Crippen molar-refractivity contribution in [3.05, 3.63) is 11.8 Å². The average Bonchev–Trinajstić information content (AvgIpc) is 3.09. The molecule has 168 valence electrons. The van der Waals surface area contributed by atoms with Crippen LogP contribution in [0.15, 0.2) is 11.8 Å². The van der Waals surface area contributed by atoms with Gasteiger partial charge in [-0.25, -0.2) is 0 Å². The van der Waals surface area contributed by atoms with Crippen LogP contribution in [0.25, 0.3) is 0 Å². The molecule has 7 nitrogen and oxygen atoms in total. The third-order valence-corrected chi connectivity index (χ3v) is 11.5. The van der Waals surface area contributed by atoms with Crippen molar-refractivity contribution in [2.24, 2.45) is 11.3 Å². The maximum atomic E-state index is 13.6. The number of ketones is 1. The number of rotatable bonds is 6. The van der Waals surface area contributed by atoms with E-state index in [4.69, 9.17) is 18.6 Å². The molecule has 3 aliphatic rings. The molecule has 30 heavy (non-hydrogen) atoms. The van der Waals surface area contributed by atoms with E-state index in [0.717, 1.165) is 0 Å². The Bertz CT molecular complexity index is 761. The molecule has 0 amide bonds. The molecule has 2 bridgehead atoms. The number of fused-ring (bicyclic) bond motifs is 1. The molecule has 1 aliphatic carbocycles. The highest BCUT2D eigenvalue weighted by atomic mass is 28.4. The van der Waals surface area contributed by atoms with Gasteiger partial charge in [0.15, 0.2) is 5.41 Å². The molecule has 3 atom stereocenters. The standard InChI is InChI=1S/C22H34O7Si/c1-8-26-18(24)21(19(25)27-9-2)12-14-10-15-11-16(17(23)22(14,13-21)28-15)29-30(6,7)20(3,4)5/h11,14-15H,8-10,12-13H2,1-7H3/t14-,15-,22+/m0/s1. The summed E-state index contributed by atoms with van der Waals surface area (Å²) in [6.45, 7) is 14.2. The van der Waals surface area contributed by atoms with Crippen LogP contribution < -0.4 is 0 Å². The summed E-state index contributed by atoms with van der Waals surface area (Å²) >= 11 is 0. The lowest BCUT2D eigenvalue weighted by molar-refractivity contribution is -0.174. The van der Waals surface area contributed by atoms with E-state index in [1.54, 1.807) is 19.9 Å². The van der Waals surface area contributed by atoms with Gasteiger partial charge in [-0.05, 0) is 50.9 Å². The number of ether oxygens (including phenoxy) is 3. The lowest BCUT2D eigenvalue weighted by Gasteiger charge is -2.40. The number of Topliss-reactive ketones (excluding diaryl/α,β-unsaturated/α-hetero) is 1. The second-order valence-electron chi connectivity index (χ2n) is 10.1. The van der Waals surface area contributed by atoms with Gasteiger partial charge in [0, 0.05) is 12.3 Å². The molecule has 0 unspecified atom stereocenters. The Morgan fingerprint density at radius 3 is 2.23 bits per heavy atom. The highest BCUT2D eigenvalue weighted by Crippen LogP contribution is 2.60. The second-order valence-corrected chi connectivity index (χ2v) is 14.8. The molecule has 2 aliphatic heterocycles. The molecule has 1 saturated heterocycles. The number of esters is 2. The molecular formula is C22H34O7Si. The van der Waals surface area contributed by atoms with Crippen molar-refractivity contribution in [1.29, 1.82) is 0 Å². The maximum Gasteiger partial charge on any atom is 0.323 e. The molecule has 8 heteroatoms. The Balaban J connectivity index is 1.95. The van der Waals surface area contributed by atoms with Gasteiger partial charge in [0.05, 0.1) is 19.3 Å². The van der Waals surface area contributed by atoms with Crippen LogP contribution in [-0.4, -0.2) is 51.0 Å². The normalized spacial score (nSPS) is 29.8. The van der Waals surface area contributed by atoms with Gasteiger partial charge in [-0.15, -0.1) is 0 Å². The molecular weight excluding hydrogens is 404 g/mol. The van der Waals surface area contributed by atoms with E-state index in [9.17, 15) is 14.4 Å². The largest absolute Gasteiger partial charge is 0.541 e. The van der Waals surface area contributed by atoms with Crippen molar-refractivity contribution in [1.82, 2.24) is 0 Å². The van der Waals surface area contributed by atoms with Crippen molar-refractivity contribution >= 4 is 26.0 Å². The first-order valence-corrected chi connectivity index (χ1v) is 13.7. The minimum Gasteiger partial charge on any atom is -0.541 e. The fourth-order valence-electron chi connectivity index (χ4n) is 4.58. The van der Waals surface area contributed by atoms with Crippen LogP contribution in [0.5, 0.6) is 0 Å². The van der Waals surface area contributed by atoms with E-state index in [-0.39, 0.29) is 48.9 Å².